The molecular formula is C14H12Br2N4O4S. The van der Waals surface area contributed by atoms with Crippen molar-refractivity contribution in [3.8, 4) is 0 Å². The number of carboxylic acid groups (broad SMARTS) is 1. The van der Waals surface area contributed by atoms with E-state index >= 15 is 0 Å². The second-order valence-electron chi connectivity index (χ2n) is 5.41. The van der Waals surface area contributed by atoms with Gasteiger partial charge in [-0.2, -0.15) is 0 Å². The highest BCUT2D eigenvalue weighted by Gasteiger charge is 2.26. The number of carbonyl (C=O) groups excluding carboxylic acids is 2. The molecule has 132 valence electrons. The Morgan fingerprint density at radius 2 is 2.12 bits per heavy atom. The summed E-state index contributed by atoms with van der Waals surface area (Å²) in [6, 6.07) is 1.42. The van der Waals surface area contributed by atoms with Crippen LogP contribution in [0.1, 0.15) is 27.5 Å². The Labute approximate surface area is 162 Å². The Morgan fingerprint density at radius 1 is 1.36 bits per heavy atom. The van der Waals surface area contributed by atoms with E-state index in [1.807, 2.05) is 0 Å². The summed E-state index contributed by atoms with van der Waals surface area (Å²) >= 11 is 7.92. The minimum absolute atomic E-state index is 0.240. The second kappa shape index (κ2) is 7.26. The van der Waals surface area contributed by atoms with Gasteiger partial charge in [-0.25, -0.2) is 9.78 Å². The average Bonchev–Trinajstić information content (AvgIpc) is 3.09. The van der Waals surface area contributed by atoms with Crippen LogP contribution in [-0.2, 0) is 22.4 Å². The minimum Gasteiger partial charge on any atom is -0.474 e. The molecule has 1 aliphatic rings. The van der Waals surface area contributed by atoms with Crippen LogP contribution in [0.5, 0.6) is 0 Å². The molecule has 0 bridgehead atoms. The fourth-order valence-electron chi connectivity index (χ4n) is 2.49. The number of hydrogen-bond donors (Lipinski definition) is 4. The van der Waals surface area contributed by atoms with E-state index in [0.29, 0.717) is 34.7 Å². The summed E-state index contributed by atoms with van der Waals surface area (Å²) in [6.07, 6.45) is 1.73. The molecule has 0 radical (unpaired) electrons. The smallest absolute Gasteiger partial charge is 0.394 e. The van der Waals surface area contributed by atoms with Crippen molar-refractivity contribution < 1.29 is 19.5 Å². The number of carboxylic acids is 1. The molecule has 2 amide bonds. The molecule has 0 aliphatic heterocycles. The van der Waals surface area contributed by atoms with Crippen molar-refractivity contribution in [2.45, 2.75) is 25.3 Å². The van der Waals surface area contributed by atoms with Crippen molar-refractivity contribution in [2.24, 2.45) is 0 Å². The largest absolute Gasteiger partial charge is 0.474 e. The number of nitrogens with zero attached hydrogens (tertiary/aromatic N) is 1. The Balaban J connectivity index is 1.67. The van der Waals surface area contributed by atoms with Gasteiger partial charge in [-0.3, -0.25) is 14.9 Å². The minimum atomic E-state index is -1.49. The Morgan fingerprint density at radius 3 is 2.76 bits per heavy atom. The van der Waals surface area contributed by atoms with Crippen molar-refractivity contribution >= 4 is 66.1 Å². The SMILES string of the molecule is O=C(O)C(=O)N[C@H]1CCc2nc(NC(=O)c3cc(Br)c(Br)[nH]3)sc2C1. The molecule has 8 nitrogen and oxygen atoms in total. The van der Waals surface area contributed by atoms with Crippen LogP contribution in [0.15, 0.2) is 15.1 Å². The number of amides is 2. The molecule has 2 aromatic rings. The van der Waals surface area contributed by atoms with Crippen molar-refractivity contribution in [1.29, 1.82) is 0 Å². The lowest BCUT2D eigenvalue weighted by atomic mass is 9.98. The lowest BCUT2D eigenvalue weighted by Gasteiger charge is -2.21. The first-order valence-corrected chi connectivity index (χ1v) is 9.61. The molecule has 25 heavy (non-hydrogen) atoms. The molecule has 0 saturated heterocycles. The molecule has 0 fully saturated rings. The number of hydrogen-bond acceptors (Lipinski definition) is 5. The number of H-pyrrole nitrogens is 1. The molecule has 0 spiro atoms. The van der Waals surface area contributed by atoms with Crippen LogP contribution in [0.25, 0.3) is 0 Å². The molecule has 0 unspecified atom stereocenters. The molecule has 0 aromatic carbocycles. The summed E-state index contributed by atoms with van der Waals surface area (Å²) in [7, 11) is 0. The topological polar surface area (TPSA) is 124 Å². The zero-order valence-electron chi connectivity index (χ0n) is 12.6. The number of rotatable bonds is 3. The van der Waals surface area contributed by atoms with Gasteiger partial charge in [0.15, 0.2) is 5.13 Å². The molecule has 11 heteroatoms. The highest BCUT2D eigenvalue weighted by atomic mass is 79.9. The van der Waals surface area contributed by atoms with Crippen molar-refractivity contribution in [3.05, 3.63) is 31.4 Å². The van der Waals surface area contributed by atoms with Gasteiger partial charge in [-0.15, -0.1) is 11.3 Å². The predicted molar refractivity (Wildman–Crippen MR) is 97.9 cm³/mol. The first kappa shape index (κ1) is 18.1. The molecular weight excluding hydrogens is 480 g/mol. The third-order valence-corrected chi connectivity index (χ3v) is 6.48. The summed E-state index contributed by atoms with van der Waals surface area (Å²) in [5, 5.41) is 14.4. The summed E-state index contributed by atoms with van der Waals surface area (Å²) in [6.45, 7) is 0. The van der Waals surface area contributed by atoms with Crippen LogP contribution in [0, 0.1) is 0 Å². The third kappa shape index (κ3) is 4.10. The molecule has 2 heterocycles. The van der Waals surface area contributed by atoms with Crippen molar-refractivity contribution in [2.75, 3.05) is 5.32 Å². The van der Waals surface area contributed by atoms with E-state index in [9.17, 15) is 14.4 Å². The number of thiazole rings is 1. The van der Waals surface area contributed by atoms with E-state index in [4.69, 9.17) is 5.11 Å². The summed E-state index contributed by atoms with van der Waals surface area (Å²) in [4.78, 5) is 42.4. The van der Waals surface area contributed by atoms with Crippen LogP contribution in [0.2, 0.25) is 0 Å². The summed E-state index contributed by atoms with van der Waals surface area (Å²) in [5.41, 5.74) is 1.26. The number of aromatic nitrogens is 2. The normalized spacial score (nSPS) is 16.2. The number of aromatic amines is 1. The van der Waals surface area contributed by atoms with Crippen LogP contribution in [0.4, 0.5) is 5.13 Å². The van der Waals surface area contributed by atoms with Crippen LogP contribution in [-0.4, -0.2) is 38.9 Å². The molecule has 1 aliphatic carbocycles. The lowest BCUT2D eigenvalue weighted by Crippen LogP contribution is -2.42. The fraction of sp³-hybridized carbons (Fsp3) is 0.286. The number of anilines is 1. The van der Waals surface area contributed by atoms with Crippen LogP contribution >= 0.6 is 43.2 Å². The van der Waals surface area contributed by atoms with Gasteiger partial charge in [-0.05, 0) is 50.8 Å². The van der Waals surface area contributed by atoms with Gasteiger partial charge in [0.05, 0.1) is 14.8 Å². The molecule has 0 saturated carbocycles. The number of aryl methyl sites for hydroxylation is 1. The predicted octanol–water partition coefficient (Wildman–Crippen LogP) is 2.31. The van der Waals surface area contributed by atoms with Crippen LogP contribution in [0.3, 0.4) is 0 Å². The first-order valence-electron chi connectivity index (χ1n) is 7.21. The Bertz CT molecular complexity index is 844. The summed E-state index contributed by atoms with van der Waals surface area (Å²) < 4.78 is 1.42. The summed E-state index contributed by atoms with van der Waals surface area (Å²) in [5.74, 6) is -2.81. The van der Waals surface area contributed by atoms with E-state index in [-0.39, 0.29) is 11.9 Å². The fourth-order valence-corrected chi connectivity index (χ4v) is 4.23. The van der Waals surface area contributed by atoms with Gasteiger partial charge in [0.2, 0.25) is 0 Å². The lowest BCUT2D eigenvalue weighted by molar-refractivity contribution is -0.150. The second-order valence-corrected chi connectivity index (χ2v) is 8.14. The third-order valence-electron chi connectivity index (χ3n) is 3.66. The van der Waals surface area contributed by atoms with Gasteiger partial charge in [-0.1, -0.05) is 0 Å². The highest BCUT2D eigenvalue weighted by Crippen LogP contribution is 2.30. The number of aliphatic carboxylic acids is 1. The maximum atomic E-state index is 12.2. The van der Waals surface area contributed by atoms with E-state index in [1.165, 1.54) is 11.3 Å². The van der Waals surface area contributed by atoms with E-state index in [0.717, 1.165) is 15.0 Å². The monoisotopic (exact) mass is 490 g/mol. The Kier molecular flexibility index (Phi) is 5.25. The zero-order valence-corrected chi connectivity index (χ0v) is 16.5. The number of halogens is 2. The quantitative estimate of drug-likeness (QED) is 0.490. The van der Waals surface area contributed by atoms with E-state index in [2.05, 4.69) is 52.5 Å². The van der Waals surface area contributed by atoms with Crippen molar-refractivity contribution in [1.82, 2.24) is 15.3 Å². The van der Waals surface area contributed by atoms with Gasteiger partial charge in [0, 0.05) is 17.3 Å². The molecule has 3 rings (SSSR count). The number of nitrogens with one attached hydrogen (secondary N) is 3. The zero-order chi connectivity index (χ0) is 18.1. The van der Waals surface area contributed by atoms with Gasteiger partial charge in [0.1, 0.15) is 5.69 Å². The molecule has 4 N–H and O–H groups in total. The van der Waals surface area contributed by atoms with Gasteiger partial charge < -0.3 is 15.4 Å². The number of fused-ring (bicyclic) bond motifs is 1. The first-order chi connectivity index (χ1) is 11.8. The van der Waals surface area contributed by atoms with Crippen LogP contribution < -0.4 is 10.6 Å². The molecule has 2 aromatic heterocycles. The highest BCUT2D eigenvalue weighted by molar-refractivity contribution is 9.13. The van der Waals surface area contributed by atoms with E-state index < -0.39 is 11.9 Å². The van der Waals surface area contributed by atoms with Gasteiger partial charge in [0.25, 0.3) is 5.91 Å². The Hall–Kier alpha value is -1.72. The van der Waals surface area contributed by atoms with E-state index in [1.54, 1.807) is 6.07 Å². The maximum Gasteiger partial charge on any atom is 0.394 e. The van der Waals surface area contributed by atoms with Crippen molar-refractivity contribution in [3.63, 3.8) is 0 Å². The average molecular weight is 492 g/mol. The van der Waals surface area contributed by atoms with Gasteiger partial charge >= 0.3 is 11.9 Å². The molecule has 1 atom stereocenters. The maximum absolute atomic E-state index is 12.2. The standard InChI is InChI=1S/C14H12Br2N4O4S/c15-6-4-8(18-10(6)16)11(21)20-14-19-7-2-1-5(3-9(7)25-14)17-12(22)13(23)24/h4-5,18H,1-3H2,(H,17,22)(H,23,24)(H,19,20,21)/t5-/m0/s1. The number of carbonyl (C=O) groups is 3.